The second-order valence-corrected chi connectivity index (χ2v) is 5.30. The lowest BCUT2D eigenvalue weighted by Crippen LogP contribution is -2.22. The Labute approximate surface area is 117 Å². The van der Waals surface area contributed by atoms with Gasteiger partial charge in [0.05, 0.1) is 22.7 Å². The van der Waals surface area contributed by atoms with Crippen molar-refractivity contribution >= 4 is 11.5 Å². The molecule has 0 bridgehead atoms. The monoisotopic (exact) mass is 281 g/mol. The number of rotatable bonds is 6. The van der Waals surface area contributed by atoms with Crippen LogP contribution in [0.25, 0.3) is 0 Å². The van der Waals surface area contributed by atoms with E-state index in [9.17, 15) is 14.9 Å². The molecule has 0 spiro atoms. The molecule has 20 heavy (non-hydrogen) atoms. The smallest absolute Gasteiger partial charge is 0.280 e. The van der Waals surface area contributed by atoms with E-state index in [2.05, 4.69) is 0 Å². The normalized spacial score (nSPS) is 11.2. The van der Waals surface area contributed by atoms with Crippen molar-refractivity contribution in [3.05, 3.63) is 33.9 Å². The molecule has 0 saturated heterocycles. The predicted molar refractivity (Wildman–Crippen MR) is 74.3 cm³/mol. The van der Waals surface area contributed by atoms with Gasteiger partial charge in [0.25, 0.3) is 5.69 Å². The van der Waals surface area contributed by atoms with Crippen LogP contribution in [0.5, 0.6) is 5.75 Å². The molecular formula is C14H19NO5. The summed E-state index contributed by atoms with van der Waals surface area (Å²) >= 11 is 0. The molecule has 0 aliphatic heterocycles. The van der Waals surface area contributed by atoms with Crippen molar-refractivity contribution in [2.45, 2.75) is 33.3 Å². The molecule has 1 aromatic rings. The van der Waals surface area contributed by atoms with E-state index in [0.29, 0.717) is 19.0 Å². The number of ketones is 1. The maximum Gasteiger partial charge on any atom is 0.280 e. The summed E-state index contributed by atoms with van der Waals surface area (Å²) in [6, 6.07) is 4.13. The maximum absolute atomic E-state index is 11.4. The van der Waals surface area contributed by atoms with Gasteiger partial charge < -0.3 is 9.47 Å². The molecule has 0 saturated carbocycles. The van der Waals surface area contributed by atoms with Crippen LogP contribution in [-0.2, 0) is 4.74 Å². The largest absolute Gasteiger partial charge is 0.491 e. The van der Waals surface area contributed by atoms with Gasteiger partial charge in [0.15, 0.2) is 5.78 Å². The molecule has 1 aromatic carbocycles. The summed E-state index contributed by atoms with van der Waals surface area (Å²) in [5.41, 5.74) is -0.413. The number of hydrogen-bond donors (Lipinski definition) is 0. The lowest BCUT2D eigenvalue weighted by atomic mass is 10.1. The van der Waals surface area contributed by atoms with Crippen molar-refractivity contribution in [1.29, 1.82) is 0 Å². The Morgan fingerprint density at radius 2 is 1.95 bits per heavy atom. The zero-order chi connectivity index (χ0) is 15.3. The third kappa shape index (κ3) is 4.97. The molecule has 0 fully saturated rings. The second-order valence-electron chi connectivity index (χ2n) is 5.30. The first kappa shape index (κ1) is 16.1. The minimum absolute atomic E-state index is 0.0456. The van der Waals surface area contributed by atoms with E-state index < -0.39 is 4.92 Å². The molecule has 1 rings (SSSR count). The number of carbonyl (C=O) groups is 1. The average molecular weight is 281 g/mol. The first-order valence-corrected chi connectivity index (χ1v) is 6.27. The Hall–Kier alpha value is -1.95. The number of carbonyl (C=O) groups excluding carboxylic acids is 1. The minimum atomic E-state index is -0.580. The summed E-state index contributed by atoms with van der Waals surface area (Å²) in [4.78, 5) is 21.6. The van der Waals surface area contributed by atoms with Crippen LogP contribution >= 0.6 is 0 Å². The van der Waals surface area contributed by atoms with Crippen LogP contribution < -0.4 is 4.74 Å². The quantitative estimate of drug-likeness (QED) is 0.346. The van der Waals surface area contributed by atoms with Gasteiger partial charge in [-0.05, 0) is 39.8 Å². The zero-order valence-corrected chi connectivity index (χ0v) is 12.1. The molecule has 6 nitrogen and oxygen atoms in total. The van der Waals surface area contributed by atoms with Crippen LogP contribution in [0.2, 0.25) is 0 Å². The number of nitro groups is 1. The molecule has 0 heterocycles. The molecule has 0 aliphatic carbocycles. The highest BCUT2D eigenvalue weighted by molar-refractivity contribution is 5.98. The highest BCUT2D eigenvalue weighted by atomic mass is 16.6. The Kier molecular flexibility index (Phi) is 5.21. The van der Waals surface area contributed by atoms with Crippen molar-refractivity contribution in [3.63, 3.8) is 0 Å². The zero-order valence-electron chi connectivity index (χ0n) is 12.1. The van der Waals surface area contributed by atoms with E-state index in [1.165, 1.54) is 25.1 Å². The fourth-order valence-electron chi connectivity index (χ4n) is 1.55. The molecule has 0 amide bonds. The van der Waals surface area contributed by atoms with E-state index in [0.717, 1.165) is 0 Å². The van der Waals surface area contributed by atoms with Crippen LogP contribution in [0.4, 0.5) is 5.69 Å². The van der Waals surface area contributed by atoms with Crippen LogP contribution in [0.15, 0.2) is 18.2 Å². The van der Waals surface area contributed by atoms with Gasteiger partial charge in [-0.1, -0.05) is 0 Å². The highest BCUT2D eigenvalue weighted by Gasteiger charge is 2.18. The molecule has 0 aromatic heterocycles. The van der Waals surface area contributed by atoms with Crippen LogP contribution in [0, 0.1) is 10.1 Å². The number of benzene rings is 1. The average Bonchev–Trinajstić information content (AvgIpc) is 2.33. The van der Waals surface area contributed by atoms with Gasteiger partial charge in [-0.3, -0.25) is 14.9 Å². The third-order valence-corrected chi connectivity index (χ3v) is 2.43. The summed E-state index contributed by atoms with van der Waals surface area (Å²) in [6.07, 6.45) is 0. The fraction of sp³-hybridized carbons (Fsp3) is 0.500. The number of nitrogens with zero attached hydrogens (tertiary/aromatic N) is 1. The molecule has 0 aliphatic rings. The molecule has 0 atom stereocenters. The summed E-state index contributed by atoms with van der Waals surface area (Å²) < 4.78 is 10.9. The topological polar surface area (TPSA) is 78.7 Å². The van der Waals surface area contributed by atoms with Crippen molar-refractivity contribution in [1.82, 2.24) is 0 Å². The summed E-state index contributed by atoms with van der Waals surface area (Å²) in [7, 11) is 0. The van der Waals surface area contributed by atoms with Gasteiger partial charge >= 0.3 is 0 Å². The van der Waals surface area contributed by atoms with Gasteiger partial charge in [-0.15, -0.1) is 0 Å². The van der Waals surface area contributed by atoms with Gasteiger partial charge in [0.2, 0.25) is 0 Å². The standard InChI is InChI=1S/C14H19NO5/c1-10(16)12-9-11(5-6-13(12)15(17)18)19-7-8-20-14(2,3)4/h5-6,9H,7-8H2,1-4H3. The molecule has 110 valence electrons. The van der Waals surface area contributed by atoms with Gasteiger partial charge in [-0.2, -0.15) is 0 Å². The maximum atomic E-state index is 11.4. The van der Waals surface area contributed by atoms with Crippen molar-refractivity contribution < 1.29 is 19.2 Å². The van der Waals surface area contributed by atoms with Crippen LogP contribution in [0.1, 0.15) is 38.1 Å². The molecular weight excluding hydrogens is 262 g/mol. The Morgan fingerprint density at radius 1 is 1.30 bits per heavy atom. The summed E-state index contributed by atoms with van der Waals surface area (Å²) in [5.74, 6) is 0.0476. The van der Waals surface area contributed by atoms with Crippen LogP contribution in [-0.4, -0.2) is 29.5 Å². The van der Waals surface area contributed by atoms with E-state index in [1.807, 2.05) is 20.8 Å². The van der Waals surface area contributed by atoms with Crippen molar-refractivity contribution in [2.24, 2.45) is 0 Å². The third-order valence-electron chi connectivity index (χ3n) is 2.43. The second kappa shape index (κ2) is 6.47. The Bertz CT molecular complexity index is 505. The van der Waals surface area contributed by atoms with Crippen LogP contribution in [0.3, 0.4) is 0 Å². The van der Waals surface area contributed by atoms with E-state index in [-0.39, 0.29) is 22.6 Å². The first-order chi connectivity index (χ1) is 9.20. The lowest BCUT2D eigenvalue weighted by Gasteiger charge is -2.19. The lowest BCUT2D eigenvalue weighted by molar-refractivity contribution is -0.385. The fourth-order valence-corrected chi connectivity index (χ4v) is 1.55. The number of nitro benzene ring substituents is 1. The van der Waals surface area contributed by atoms with E-state index in [1.54, 1.807) is 0 Å². The van der Waals surface area contributed by atoms with E-state index in [4.69, 9.17) is 9.47 Å². The predicted octanol–water partition coefficient (Wildman–Crippen LogP) is 2.99. The van der Waals surface area contributed by atoms with Gasteiger partial charge in [0, 0.05) is 6.07 Å². The van der Waals surface area contributed by atoms with E-state index >= 15 is 0 Å². The summed E-state index contributed by atoms with van der Waals surface area (Å²) in [5, 5.41) is 10.8. The number of hydrogen-bond acceptors (Lipinski definition) is 5. The first-order valence-electron chi connectivity index (χ1n) is 6.27. The highest BCUT2D eigenvalue weighted by Crippen LogP contribution is 2.24. The minimum Gasteiger partial charge on any atom is -0.491 e. The molecule has 0 N–H and O–H groups in total. The Balaban J connectivity index is 2.71. The van der Waals surface area contributed by atoms with Gasteiger partial charge in [0.1, 0.15) is 12.4 Å². The number of ether oxygens (including phenoxy) is 2. The van der Waals surface area contributed by atoms with Crippen molar-refractivity contribution in [3.8, 4) is 5.75 Å². The summed E-state index contributed by atoms with van der Waals surface area (Å²) in [6.45, 7) is 7.81. The Morgan fingerprint density at radius 3 is 2.45 bits per heavy atom. The van der Waals surface area contributed by atoms with Crippen molar-refractivity contribution in [2.75, 3.05) is 13.2 Å². The number of Topliss-reactive ketones (excluding diaryl/α,β-unsaturated/α-hetero) is 1. The van der Waals surface area contributed by atoms with Gasteiger partial charge in [-0.25, -0.2) is 0 Å². The molecule has 0 radical (unpaired) electrons. The molecule has 6 heteroatoms. The molecule has 0 unspecified atom stereocenters. The SMILES string of the molecule is CC(=O)c1cc(OCCOC(C)(C)C)ccc1[N+](=O)[O-].